The van der Waals surface area contributed by atoms with Crippen LogP contribution in [0, 0.1) is 18.6 Å². The molecule has 0 bridgehead atoms. The Labute approximate surface area is 243 Å². The number of hydrogen-bond acceptors (Lipinski definition) is 4. The fourth-order valence-corrected chi connectivity index (χ4v) is 4.27. The lowest BCUT2D eigenvalue weighted by Gasteiger charge is -2.21. The number of halogens is 8. The predicted octanol–water partition coefficient (Wildman–Crippen LogP) is 5.66. The van der Waals surface area contributed by atoms with Gasteiger partial charge < -0.3 is 10.8 Å². The van der Waals surface area contributed by atoms with Gasteiger partial charge in [-0.05, 0) is 30.7 Å². The van der Waals surface area contributed by atoms with Gasteiger partial charge in [0.1, 0.15) is 11.6 Å². The van der Waals surface area contributed by atoms with Gasteiger partial charge in [-0.15, -0.1) is 0 Å². The highest BCUT2D eigenvalue weighted by atomic mass is 19.4. The summed E-state index contributed by atoms with van der Waals surface area (Å²) in [6, 6.07) is 15.5. The highest BCUT2D eigenvalue weighted by Crippen LogP contribution is 2.34. The second-order valence-electron chi connectivity index (χ2n) is 9.31. The van der Waals surface area contributed by atoms with Crippen LogP contribution in [0.4, 0.5) is 35.1 Å². The summed E-state index contributed by atoms with van der Waals surface area (Å²) in [5.41, 5.74) is 2.45. The minimum absolute atomic E-state index is 0.110. The maximum absolute atomic E-state index is 14.8. The van der Waals surface area contributed by atoms with Gasteiger partial charge in [0.25, 0.3) is 5.56 Å². The van der Waals surface area contributed by atoms with Crippen LogP contribution in [0.3, 0.4) is 0 Å². The van der Waals surface area contributed by atoms with E-state index in [9.17, 15) is 44.7 Å². The number of nitrogens with two attached hydrogens (primary N) is 1. The molecule has 0 amide bonds. The van der Waals surface area contributed by atoms with E-state index in [1.54, 1.807) is 30.3 Å². The maximum atomic E-state index is 14.8. The Bertz CT molecular complexity index is 1760. The minimum Gasteiger partial charge on any atom is -0.475 e. The third kappa shape index (κ3) is 7.58. The molecule has 1 heterocycles. The number of rotatable bonds is 6. The van der Waals surface area contributed by atoms with Gasteiger partial charge in [-0.2, -0.15) is 26.3 Å². The van der Waals surface area contributed by atoms with Crippen LogP contribution in [-0.4, -0.2) is 26.4 Å². The second-order valence-corrected chi connectivity index (χ2v) is 9.31. The third-order valence-corrected chi connectivity index (χ3v) is 6.42. The summed E-state index contributed by atoms with van der Waals surface area (Å²) >= 11 is 0. The topological polar surface area (TPSA) is 107 Å². The summed E-state index contributed by atoms with van der Waals surface area (Å²) in [7, 11) is 0. The molecule has 1 aromatic heterocycles. The molecule has 4 rings (SSSR count). The van der Waals surface area contributed by atoms with Crippen LogP contribution in [0.15, 0.2) is 82.4 Å². The molecule has 4 aromatic rings. The van der Waals surface area contributed by atoms with E-state index >= 15 is 0 Å². The van der Waals surface area contributed by atoms with Crippen molar-refractivity contribution in [1.29, 1.82) is 0 Å². The van der Waals surface area contributed by atoms with Crippen LogP contribution in [-0.2, 0) is 24.1 Å². The maximum Gasteiger partial charge on any atom is 0.490 e. The summed E-state index contributed by atoms with van der Waals surface area (Å²) < 4.78 is 104. The van der Waals surface area contributed by atoms with Crippen molar-refractivity contribution in [3.63, 3.8) is 0 Å². The first-order valence-corrected chi connectivity index (χ1v) is 12.5. The van der Waals surface area contributed by atoms with Crippen LogP contribution < -0.4 is 17.0 Å². The molecule has 0 spiro atoms. The van der Waals surface area contributed by atoms with E-state index in [1.807, 2.05) is 0 Å². The predicted molar refractivity (Wildman–Crippen MR) is 143 cm³/mol. The first kappa shape index (κ1) is 33.7. The summed E-state index contributed by atoms with van der Waals surface area (Å²) in [6.07, 6.45) is -9.98. The van der Waals surface area contributed by atoms with E-state index in [0.717, 1.165) is 27.3 Å². The van der Waals surface area contributed by atoms with Crippen LogP contribution in [0.5, 0.6) is 0 Å². The minimum atomic E-state index is -5.08. The molecule has 3 aromatic carbocycles. The van der Waals surface area contributed by atoms with Crippen molar-refractivity contribution in [1.82, 2.24) is 9.13 Å². The van der Waals surface area contributed by atoms with E-state index in [0.29, 0.717) is 11.6 Å². The van der Waals surface area contributed by atoms with Gasteiger partial charge in [0.05, 0.1) is 24.2 Å². The first-order chi connectivity index (χ1) is 20.4. The molecule has 0 aliphatic rings. The van der Waals surface area contributed by atoms with E-state index in [4.69, 9.17) is 15.6 Å². The molecule has 0 aliphatic heterocycles. The Kier molecular flexibility index (Phi) is 10.1. The van der Waals surface area contributed by atoms with Crippen molar-refractivity contribution in [3.05, 3.63) is 128 Å². The zero-order valence-electron chi connectivity index (χ0n) is 22.6. The van der Waals surface area contributed by atoms with E-state index in [1.165, 1.54) is 25.1 Å². The van der Waals surface area contributed by atoms with Gasteiger partial charge in [-0.25, -0.2) is 18.4 Å². The zero-order valence-corrected chi connectivity index (χ0v) is 22.6. The fraction of sp³-hybridized carbons (Fsp3) is 0.207. The fourth-order valence-electron chi connectivity index (χ4n) is 4.27. The Morgan fingerprint density at radius 2 is 1.39 bits per heavy atom. The van der Waals surface area contributed by atoms with Gasteiger partial charge in [0, 0.05) is 22.9 Å². The monoisotopic (exact) mass is 629 g/mol. The second kappa shape index (κ2) is 13.2. The molecule has 7 nitrogen and oxygen atoms in total. The number of aromatic nitrogens is 2. The molecular weight excluding hydrogens is 606 g/mol. The van der Waals surface area contributed by atoms with E-state index < -0.39 is 64.9 Å². The van der Waals surface area contributed by atoms with Crippen molar-refractivity contribution in [3.8, 4) is 11.1 Å². The van der Waals surface area contributed by atoms with Crippen molar-refractivity contribution in [2.24, 2.45) is 5.73 Å². The van der Waals surface area contributed by atoms with Gasteiger partial charge in [-0.3, -0.25) is 13.9 Å². The number of aliphatic carboxylic acids is 1. The van der Waals surface area contributed by atoms with Crippen LogP contribution in [0.1, 0.15) is 28.4 Å². The third-order valence-electron chi connectivity index (χ3n) is 6.42. The summed E-state index contributed by atoms with van der Waals surface area (Å²) in [5, 5.41) is 7.12. The molecule has 0 radical (unpaired) electrons. The first-order valence-electron chi connectivity index (χ1n) is 12.5. The summed E-state index contributed by atoms with van der Waals surface area (Å²) in [6.45, 7) is 0.126. The average molecular weight is 630 g/mol. The molecule has 0 saturated heterocycles. The zero-order chi connectivity index (χ0) is 33.0. The number of carbonyl (C=O) groups is 1. The molecule has 3 N–H and O–H groups in total. The van der Waals surface area contributed by atoms with Crippen molar-refractivity contribution < 1.29 is 45.0 Å². The molecule has 0 fully saturated rings. The summed E-state index contributed by atoms with van der Waals surface area (Å²) in [5.74, 6) is -4.70. The number of nitrogens with zero attached hydrogens (tertiary/aromatic N) is 2. The Hall–Kier alpha value is -4.79. The average Bonchev–Trinajstić information content (AvgIpc) is 2.94. The lowest BCUT2D eigenvalue weighted by atomic mass is 10.0. The van der Waals surface area contributed by atoms with Gasteiger partial charge >= 0.3 is 24.0 Å². The summed E-state index contributed by atoms with van der Waals surface area (Å²) in [4.78, 5) is 35.9. The Balaban J connectivity index is 0.000000676. The lowest BCUT2D eigenvalue weighted by Crippen LogP contribution is -2.44. The van der Waals surface area contributed by atoms with Crippen LogP contribution >= 0.6 is 0 Å². The Morgan fingerprint density at radius 1 is 0.841 bits per heavy atom. The van der Waals surface area contributed by atoms with E-state index in [-0.39, 0.29) is 23.4 Å². The molecule has 0 unspecified atom stereocenters. The number of carboxylic acid groups (broad SMARTS) is 1. The standard InChI is InChI=1S/C27H22F5N3O2.C2HF3O2/c1-16-24(18-10-5-6-12-21(18)28)25(36)35(15-23(33)17-8-3-2-4-9-17)26(37)34(16)14-19-20(27(30,31)32)11-7-13-22(19)29;3-2(4,5)1(6)7/h2-13,23H,14-15,33H2,1H3;(H,6,7)/t23-;/m0./s1. The highest BCUT2D eigenvalue weighted by Gasteiger charge is 2.38. The number of benzene rings is 3. The molecular formula is C29H23F8N3O4. The number of carboxylic acids is 1. The number of alkyl halides is 6. The smallest absolute Gasteiger partial charge is 0.475 e. The molecule has 234 valence electrons. The largest absolute Gasteiger partial charge is 0.490 e. The van der Waals surface area contributed by atoms with Gasteiger partial charge in [0.15, 0.2) is 0 Å². The van der Waals surface area contributed by atoms with Crippen LogP contribution in [0.25, 0.3) is 11.1 Å². The molecule has 1 atom stereocenters. The molecule has 0 aliphatic carbocycles. The van der Waals surface area contributed by atoms with Gasteiger partial charge in [0.2, 0.25) is 0 Å². The lowest BCUT2D eigenvalue weighted by molar-refractivity contribution is -0.192. The Morgan fingerprint density at radius 3 is 1.93 bits per heavy atom. The molecule has 0 saturated carbocycles. The quantitative estimate of drug-likeness (QED) is 0.268. The SMILES string of the molecule is Cc1c(-c2ccccc2F)c(=O)n(C[C@H](N)c2ccccc2)c(=O)n1Cc1c(F)cccc1C(F)(F)F.O=C(O)C(F)(F)F. The van der Waals surface area contributed by atoms with Crippen LogP contribution in [0.2, 0.25) is 0 Å². The van der Waals surface area contributed by atoms with Crippen molar-refractivity contribution in [2.75, 3.05) is 0 Å². The van der Waals surface area contributed by atoms with Gasteiger partial charge in [-0.1, -0.05) is 54.6 Å². The molecule has 15 heteroatoms. The van der Waals surface area contributed by atoms with E-state index in [2.05, 4.69) is 0 Å². The van der Waals surface area contributed by atoms with Crippen molar-refractivity contribution in [2.45, 2.75) is 38.4 Å². The molecule has 44 heavy (non-hydrogen) atoms. The number of hydrogen-bond donors (Lipinski definition) is 2. The highest BCUT2D eigenvalue weighted by molar-refractivity contribution is 5.73. The van der Waals surface area contributed by atoms with Crippen molar-refractivity contribution >= 4 is 5.97 Å². The normalized spacial score (nSPS) is 12.3.